The number of aromatic nitrogens is 4. The molecule has 0 aromatic carbocycles. The summed E-state index contributed by atoms with van der Waals surface area (Å²) in [6, 6.07) is 4.11. The summed E-state index contributed by atoms with van der Waals surface area (Å²) in [5.74, 6) is 0. The van der Waals surface area contributed by atoms with Crippen molar-refractivity contribution in [2.45, 2.75) is 19.8 Å². The van der Waals surface area contributed by atoms with Gasteiger partial charge in [0.15, 0.2) is 0 Å². The van der Waals surface area contributed by atoms with Crippen LogP contribution in [0.15, 0.2) is 24.5 Å². The third kappa shape index (κ3) is 18.7. The number of hydrogen-bond acceptors (Lipinski definition) is 14. The van der Waals surface area contributed by atoms with E-state index in [4.69, 9.17) is 52.5 Å². The van der Waals surface area contributed by atoms with Crippen molar-refractivity contribution in [3.05, 3.63) is 35.9 Å². The maximum atomic E-state index is 5.85. The van der Waals surface area contributed by atoms with Crippen LogP contribution in [0, 0.1) is 0 Å². The molecular weight excluding hydrogens is 640 g/mol. The fourth-order valence-electron chi connectivity index (χ4n) is 5.06. The van der Waals surface area contributed by atoms with E-state index in [9.17, 15) is 0 Å². The summed E-state index contributed by atoms with van der Waals surface area (Å²) >= 11 is 0. The molecule has 16 nitrogen and oxygen atoms in total. The van der Waals surface area contributed by atoms with Gasteiger partial charge in [-0.25, -0.2) is 4.68 Å². The summed E-state index contributed by atoms with van der Waals surface area (Å²) in [6.45, 7) is 16.1. The quantitative estimate of drug-likeness (QED) is 0.412. The number of rotatable bonds is 6. The molecule has 2 fully saturated rings. The van der Waals surface area contributed by atoms with E-state index in [2.05, 4.69) is 27.0 Å². The van der Waals surface area contributed by atoms with Crippen LogP contribution in [0.3, 0.4) is 0 Å². The summed E-state index contributed by atoms with van der Waals surface area (Å²) in [7, 11) is 0. The van der Waals surface area contributed by atoms with Crippen molar-refractivity contribution in [2.75, 3.05) is 158 Å². The van der Waals surface area contributed by atoms with Crippen molar-refractivity contribution in [1.29, 1.82) is 0 Å². The van der Waals surface area contributed by atoms with Crippen LogP contribution in [0.4, 0.5) is 0 Å². The van der Waals surface area contributed by atoms with Gasteiger partial charge in [-0.1, -0.05) is 0 Å². The molecule has 2 aliphatic rings. The largest absolute Gasteiger partial charge is 0.378 e. The fraction of sp³-hybridized carbons (Fsp3) is 0.818. The molecule has 2 aromatic rings. The van der Waals surface area contributed by atoms with Gasteiger partial charge in [-0.3, -0.25) is 14.5 Å². The summed E-state index contributed by atoms with van der Waals surface area (Å²) in [5.41, 5.74) is 2.07. The molecule has 0 unspecified atom stereocenters. The Balaban J connectivity index is 1.25. The first-order valence-corrected chi connectivity index (χ1v) is 17.6. The van der Waals surface area contributed by atoms with Gasteiger partial charge in [0, 0.05) is 51.7 Å². The van der Waals surface area contributed by atoms with Crippen LogP contribution in [0.2, 0.25) is 0 Å². The lowest BCUT2D eigenvalue weighted by atomic mass is 10.3. The van der Waals surface area contributed by atoms with Gasteiger partial charge < -0.3 is 47.4 Å². The Morgan fingerprint density at radius 1 is 0.449 bits per heavy atom. The van der Waals surface area contributed by atoms with Gasteiger partial charge in [0.05, 0.1) is 144 Å². The molecule has 49 heavy (non-hydrogen) atoms. The lowest BCUT2D eigenvalue weighted by Gasteiger charge is -2.23. The lowest BCUT2D eigenvalue weighted by molar-refractivity contribution is -0.0191. The first-order valence-electron chi connectivity index (χ1n) is 17.6. The molecule has 2 saturated heterocycles. The minimum absolute atomic E-state index is 0.513. The first kappa shape index (κ1) is 39.7. The first-order chi connectivity index (χ1) is 24.4. The van der Waals surface area contributed by atoms with Gasteiger partial charge in [0.2, 0.25) is 0 Å². The Bertz CT molecular complexity index is 1030. The van der Waals surface area contributed by atoms with Gasteiger partial charge in [-0.05, 0) is 12.1 Å². The molecule has 0 N–H and O–H groups in total. The second-order valence-corrected chi connectivity index (χ2v) is 11.5. The van der Waals surface area contributed by atoms with E-state index >= 15 is 0 Å². The van der Waals surface area contributed by atoms with Crippen LogP contribution < -0.4 is 0 Å². The van der Waals surface area contributed by atoms with E-state index in [1.54, 1.807) is 0 Å². The normalized spacial score (nSPS) is 22.0. The second-order valence-electron chi connectivity index (χ2n) is 11.5. The van der Waals surface area contributed by atoms with Crippen LogP contribution in [-0.2, 0) is 67.1 Å². The van der Waals surface area contributed by atoms with E-state index in [0.29, 0.717) is 152 Å². The molecule has 0 spiro atoms. The highest BCUT2D eigenvalue weighted by atomic mass is 16.6. The molecule has 0 saturated carbocycles. The van der Waals surface area contributed by atoms with Gasteiger partial charge >= 0.3 is 0 Å². The number of nitrogens with zero attached hydrogens (tertiary/aromatic N) is 6. The molecule has 2 aromatic heterocycles. The average molecular weight is 699 g/mol. The molecule has 0 atom stereocenters. The monoisotopic (exact) mass is 698 g/mol. The Morgan fingerprint density at radius 3 is 1.22 bits per heavy atom. The molecule has 280 valence electrons. The van der Waals surface area contributed by atoms with Crippen LogP contribution in [-0.4, -0.2) is 188 Å². The SMILES string of the molecule is c1cc(CN2CCOCCOCCOCCOCCOCC2)n(Cn2ccc(CN3CCOCCOCCOCCOCCOCC3)n2)n1. The van der Waals surface area contributed by atoms with Crippen LogP contribution in [0.25, 0.3) is 0 Å². The van der Waals surface area contributed by atoms with E-state index < -0.39 is 0 Å². The third-order valence-electron chi connectivity index (χ3n) is 7.73. The average Bonchev–Trinajstić information content (AvgIpc) is 3.75. The molecule has 0 aliphatic carbocycles. The van der Waals surface area contributed by atoms with E-state index in [-0.39, 0.29) is 0 Å². The van der Waals surface area contributed by atoms with E-state index in [1.807, 2.05) is 21.8 Å². The number of hydrogen-bond donors (Lipinski definition) is 0. The maximum absolute atomic E-state index is 5.85. The topological polar surface area (TPSA) is 134 Å². The predicted octanol–water partition coefficient (Wildman–Crippen LogP) is 0.383. The van der Waals surface area contributed by atoms with Crippen molar-refractivity contribution >= 4 is 0 Å². The van der Waals surface area contributed by atoms with Crippen LogP contribution in [0.5, 0.6) is 0 Å². The highest BCUT2D eigenvalue weighted by Crippen LogP contribution is 2.08. The minimum Gasteiger partial charge on any atom is -0.378 e. The molecule has 0 bridgehead atoms. The second kappa shape index (κ2) is 26.7. The molecular formula is C33H58N6O10. The highest BCUT2D eigenvalue weighted by molar-refractivity contribution is 5.02. The molecule has 2 aliphatic heterocycles. The van der Waals surface area contributed by atoms with Crippen molar-refractivity contribution in [3.8, 4) is 0 Å². The zero-order valence-electron chi connectivity index (χ0n) is 29.2. The highest BCUT2D eigenvalue weighted by Gasteiger charge is 2.13. The lowest BCUT2D eigenvalue weighted by Crippen LogP contribution is -2.32. The summed E-state index contributed by atoms with van der Waals surface area (Å²) in [6.07, 6.45) is 3.84. The van der Waals surface area contributed by atoms with E-state index in [1.165, 1.54) is 0 Å². The Hall–Kier alpha value is -2.06. The van der Waals surface area contributed by atoms with Crippen molar-refractivity contribution in [1.82, 2.24) is 29.4 Å². The van der Waals surface area contributed by atoms with Gasteiger partial charge in [-0.15, -0.1) is 0 Å². The van der Waals surface area contributed by atoms with E-state index in [0.717, 1.165) is 37.6 Å². The van der Waals surface area contributed by atoms with Gasteiger partial charge in [0.1, 0.15) is 6.67 Å². The van der Waals surface area contributed by atoms with Gasteiger partial charge in [0.25, 0.3) is 0 Å². The Kier molecular flexibility index (Phi) is 21.7. The molecule has 4 rings (SSSR count). The fourth-order valence-corrected chi connectivity index (χ4v) is 5.06. The zero-order chi connectivity index (χ0) is 33.9. The van der Waals surface area contributed by atoms with Crippen LogP contribution in [0.1, 0.15) is 11.4 Å². The van der Waals surface area contributed by atoms with Crippen molar-refractivity contribution < 1.29 is 47.4 Å². The summed E-state index contributed by atoms with van der Waals surface area (Å²) < 4.78 is 60.6. The Labute approximate surface area is 290 Å². The van der Waals surface area contributed by atoms with Crippen molar-refractivity contribution in [2.24, 2.45) is 0 Å². The summed E-state index contributed by atoms with van der Waals surface area (Å²) in [5, 5.41) is 9.49. The minimum atomic E-state index is 0.513. The molecule has 16 heteroatoms. The van der Waals surface area contributed by atoms with Crippen molar-refractivity contribution in [3.63, 3.8) is 0 Å². The maximum Gasteiger partial charge on any atom is 0.133 e. The molecule has 0 amide bonds. The standard InChI is InChI=1S/C33H58N6O10/c1-3-34-39(33(1)30-37-7-11-42-15-19-46-23-27-49-28-24-47-20-16-43-12-8-37)31-38-4-2-32(35-38)29-36-5-9-40-13-17-44-21-25-48-26-22-45-18-14-41-10-6-36/h1-4H,5-31H2. The smallest absolute Gasteiger partial charge is 0.133 e. The molecule has 0 radical (unpaired) electrons. The third-order valence-corrected chi connectivity index (χ3v) is 7.73. The number of ether oxygens (including phenoxy) is 10. The predicted molar refractivity (Wildman–Crippen MR) is 179 cm³/mol. The van der Waals surface area contributed by atoms with Crippen LogP contribution >= 0.6 is 0 Å². The van der Waals surface area contributed by atoms with Gasteiger partial charge in [-0.2, -0.15) is 10.2 Å². The zero-order valence-corrected chi connectivity index (χ0v) is 29.2. The Morgan fingerprint density at radius 2 is 0.816 bits per heavy atom. The molecule has 4 heterocycles. The summed E-state index contributed by atoms with van der Waals surface area (Å²) in [4.78, 5) is 4.62.